The van der Waals surface area contributed by atoms with E-state index < -0.39 is 20.1 Å². The summed E-state index contributed by atoms with van der Waals surface area (Å²) in [5, 5.41) is 0.267. The lowest BCUT2D eigenvalue weighted by Crippen LogP contribution is -2.24. The van der Waals surface area contributed by atoms with E-state index in [0.717, 1.165) is 12.6 Å². The molecular weight excluding hydrogens is 439 g/mol. The molecule has 0 amide bonds. The van der Waals surface area contributed by atoms with Gasteiger partial charge in [0.2, 0.25) is 0 Å². The Labute approximate surface area is 179 Å². The number of benzene rings is 2. The summed E-state index contributed by atoms with van der Waals surface area (Å²) >= 11 is 6.28. The summed E-state index contributed by atoms with van der Waals surface area (Å²) in [6, 6.07) is 8.43. The van der Waals surface area contributed by atoms with Crippen molar-refractivity contribution in [3.05, 3.63) is 47.0 Å². The molecular formula is C20H23ClF3N3O2S. The third-order valence-electron chi connectivity index (χ3n) is 4.13. The first-order valence-electron chi connectivity index (χ1n) is 9.14. The van der Waals surface area contributed by atoms with Crippen LogP contribution in [0.4, 0.5) is 18.9 Å². The zero-order chi connectivity index (χ0) is 22.5. The first-order chi connectivity index (χ1) is 14.0. The highest BCUT2D eigenvalue weighted by atomic mass is 35.5. The molecule has 0 aliphatic heterocycles. The number of para-hydroxylation sites is 1. The maximum atomic E-state index is 13.6. The predicted octanol–water partition coefficient (Wildman–Crippen LogP) is 6.42. The average molecular weight is 462 g/mol. The molecule has 1 unspecified atom stereocenters. The third-order valence-corrected chi connectivity index (χ3v) is 6.61. The number of hydrogen-bond acceptors (Lipinski definition) is 4. The lowest BCUT2D eigenvalue weighted by molar-refractivity contribution is -0.0404. The second-order valence-corrected chi connectivity index (χ2v) is 8.97. The van der Waals surface area contributed by atoms with Crippen LogP contribution in [0, 0.1) is 6.92 Å². The van der Waals surface area contributed by atoms with Crippen LogP contribution in [-0.2, 0) is 9.73 Å². The minimum Gasteiger partial charge on any atom is -0.456 e. The molecule has 0 radical (unpaired) electrons. The van der Waals surface area contributed by atoms with Crippen molar-refractivity contribution in [2.24, 2.45) is 9.36 Å². The SMILES string of the molecule is CCN=S(=O)(c1ccccc1Oc1cc(Cl)c(N=CN(C)CC)cc1C)C(F)(F)F. The van der Waals surface area contributed by atoms with Crippen LogP contribution in [0.3, 0.4) is 0 Å². The predicted molar refractivity (Wildman–Crippen MR) is 115 cm³/mol. The molecule has 5 nitrogen and oxygen atoms in total. The Morgan fingerprint density at radius 1 is 1.20 bits per heavy atom. The Morgan fingerprint density at radius 2 is 1.87 bits per heavy atom. The van der Waals surface area contributed by atoms with E-state index in [0.29, 0.717) is 11.3 Å². The van der Waals surface area contributed by atoms with Crippen LogP contribution in [0.1, 0.15) is 19.4 Å². The zero-order valence-electron chi connectivity index (χ0n) is 17.0. The van der Waals surface area contributed by atoms with Gasteiger partial charge in [-0.15, -0.1) is 0 Å². The van der Waals surface area contributed by atoms with Gasteiger partial charge in [-0.25, -0.2) is 13.6 Å². The smallest absolute Gasteiger partial charge is 0.456 e. The van der Waals surface area contributed by atoms with Gasteiger partial charge in [0.05, 0.1) is 21.9 Å². The van der Waals surface area contributed by atoms with Crippen LogP contribution < -0.4 is 4.74 Å². The van der Waals surface area contributed by atoms with Gasteiger partial charge in [0.15, 0.2) is 9.73 Å². The van der Waals surface area contributed by atoms with E-state index in [1.165, 1.54) is 31.2 Å². The normalized spacial score (nSPS) is 13.9. The monoisotopic (exact) mass is 461 g/mol. The van der Waals surface area contributed by atoms with Crippen LogP contribution in [-0.4, -0.2) is 41.1 Å². The molecule has 2 rings (SSSR count). The Morgan fingerprint density at radius 3 is 2.47 bits per heavy atom. The van der Waals surface area contributed by atoms with E-state index in [4.69, 9.17) is 16.3 Å². The number of alkyl halides is 3. The highest BCUT2D eigenvalue weighted by Gasteiger charge is 2.46. The Hall–Kier alpha value is -2.26. The van der Waals surface area contributed by atoms with Crippen molar-refractivity contribution >= 4 is 33.4 Å². The van der Waals surface area contributed by atoms with Crippen LogP contribution in [0.25, 0.3) is 0 Å². The first kappa shape index (κ1) is 24.0. The molecule has 0 spiro atoms. The van der Waals surface area contributed by atoms with Gasteiger partial charge in [0.1, 0.15) is 11.5 Å². The molecule has 2 aromatic rings. The van der Waals surface area contributed by atoms with Crippen LogP contribution in [0.15, 0.2) is 50.6 Å². The summed E-state index contributed by atoms with van der Waals surface area (Å²) in [7, 11) is -2.84. The standard InChI is InChI=1S/C20H23ClF3N3O2S/c1-5-26-30(28,20(22,23)24)19-10-8-7-9-17(19)29-18-12-15(21)16(11-14(18)3)25-13-27(4)6-2/h7-13H,5-6H2,1-4H3. The molecule has 1 atom stereocenters. The van der Waals surface area contributed by atoms with Crippen molar-refractivity contribution in [2.45, 2.75) is 31.2 Å². The van der Waals surface area contributed by atoms with Crippen molar-refractivity contribution in [3.63, 3.8) is 0 Å². The molecule has 30 heavy (non-hydrogen) atoms. The largest absolute Gasteiger partial charge is 0.483 e. The maximum absolute atomic E-state index is 13.6. The van der Waals surface area contributed by atoms with Gasteiger partial charge in [-0.1, -0.05) is 23.7 Å². The molecule has 0 aliphatic rings. The lowest BCUT2D eigenvalue weighted by Gasteiger charge is -2.18. The van der Waals surface area contributed by atoms with Gasteiger partial charge >= 0.3 is 5.51 Å². The topological polar surface area (TPSA) is 54.3 Å². The number of aliphatic imine (C=N–C) groups is 1. The number of nitrogens with zero attached hydrogens (tertiary/aromatic N) is 3. The Kier molecular flexibility index (Phi) is 7.76. The molecule has 2 aromatic carbocycles. The van der Waals surface area contributed by atoms with E-state index in [2.05, 4.69) is 9.36 Å². The molecule has 0 bridgehead atoms. The number of hydrogen-bond donors (Lipinski definition) is 0. The Bertz CT molecular complexity index is 1050. The quantitative estimate of drug-likeness (QED) is 0.353. The highest BCUT2D eigenvalue weighted by Crippen LogP contribution is 2.41. The summed E-state index contributed by atoms with van der Waals surface area (Å²) in [5.74, 6) is 0.0360. The van der Waals surface area contributed by atoms with Crippen molar-refractivity contribution < 1.29 is 22.1 Å². The molecule has 0 heterocycles. The van der Waals surface area contributed by atoms with Gasteiger partial charge in [-0.05, 0) is 44.5 Å². The number of rotatable bonds is 7. The Balaban J connectivity index is 2.51. The molecule has 0 fully saturated rings. The second kappa shape index (κ2) is 9.70. The van der Waals surface area contributed by atoms with Crippen molar-refractivity contribution in [3.8, 4) is 11.5 Å². The van der Waals surface area contributed by atoms with Crippen LogP contribution >= 0.6 is 11.6 Å². The fraction of sp³-hybridized carbons (Fsp3) is 0.350. The van der Waals surface area contributed by atoms with Crippen LogP contribution in [0.2, 0.25) is 5.02 Å². The maximum Gasteiger partial charge on any atom is 0.483 e. The minimum atomic E-state index is -5.04. The summed E-state index contributed by atoms with van der Waals surface area (Å²) in [6.45, 7) is 5.59. The van der Waals surface area contributed by atoms with E-state index in [-0.39, 0.29) is 23.1 Å². The van der Waals surface area contributed by atoms with E-state index >= 15 is 0 Å². The van der Waals surface area contributed by atoms with Crippen molar-refractivity contribution in [1.29, 1.82) is 0 Å². The molecule has 10 heteroatoms. The lowest BCUT2D eigenvalue weighted by atomic mass is 10.2. The van der Waals surface area contributed by atoms with E-state index in [1.54, 1.807) is 19.3 Å². The molecule has 0 aromatic heterocycles. The van der Waals surface area contributed by atoms with Gasteiger partial charge in [0.25, 0.3) is 0 Å². The van der Waals surface area contributed by atoms with Gasteiger partial charge in [-0.3, -0.25) is 0 Å². The fourth-order valence-corrected chi connectivity index (χ4v) is 4.18. The molecule has 0 saturated carbocycles. The third kappa shape index (κ3) is 5.26. The summed E-state index contributed by atoms with van der Waals surface area (Å²) in [5.41, 5.74) is -3.94. The fourth-order valence-electron chi connectivity index (χ4n) is 2.43. The van der Waals surface area contributed by atoms with Gasteiger partial charge in [0, 0.05) is 26.2 Å². The molecule has 0 aliphatic carbocycles. The first-order valence-corrected chi connectivity index (χ1v) is 11.0. The summed E-state index contributed by atoms with van der Waals surface area (Å²) in [6.07, 6.45) is 1.63. The van der Waals surface area contributed by atoms with E-state index in [1.807, 2.05) is 18.9 Å². The van der Waals surface area contributed by atoms with Gasteiger partial charge in [-0.2, -0.15) is 13.2 Å². The summed E-state index contributed by atoms with van der Waals surface area (Å²) in [4.78, 5) is 5.63. The van der Waals surface area contributed by atoms with E-state index in [9.17, 15) is 17.4 Å². The molecule has 0 N–H and O–H groups in total. The summed E-state index contributed by atoms with van der Waals surface area (Å²) < 4.78 is 62.7. The van der Waals surface area contributed by atoms with Crippen molar-refractivity contribution in [1.82, 2.24) is 4.90 Å². The number of halogens is 4. The van der Waals surface area contributed by atoms with Gasteiger partial charge < -0.3 is 9.64 Å². The second-order valence-electron chi connectivity index (χ2n) is 6.35. The molecule has 0 saturated heterocycles. The van der Waals surface area contributed by atoms with Crippen molar-refractivity contribution in [2.75, 3.05) is 20.1 Å². The minimum absolute atomic E-state index is 0.196. The molecule has 164 valence electrons. The number of ether oxygens (including phenoxy) is 1. The number of aryl methyl sites for hydroxylation is 1. The van der Waals surface area contributed by atoms with Crippen LogP contribution in [0.5, 0.6) is 11.5 Å². The highest BCUT2D eigenvalue weighted by molar-refractivity contribution is 7.94. The zero-order valence-corrected chi connectivity index (χ0v) is 18.6. The average Bonchev–Trinajstić information content (AvgIpc) is 2.68.